The summed E-state index contributed by atoms with van der Waals surface area (Å²) in [4.78, 5) is 11.4. The second-order valence-electron chi connectivity index (χ2n) is 4.66. The fourth-order valence-electron chi connectivity index (χ4n) is 1.32. The minimum atomic E-state index is -3.30. The van der Waals surface area contributed by atoms with Gasteiger partial charge < -0.3 is 11.1 Å². The Morgan fingerprint density at radius 3 is 2.44 bits per heavy atom. The maximum absolute atomic E-state index is 11.4. The third-order valence-corrected chi connectivity index (χ3v) is 4.91. The topological polar surface area (TPSA) is 89.3 Å². The van der Waals surface area contributed by atoms with Crippen LogP contribution in [0.2, 0.25) is 0 Å². The first-order valence-corrected chi connectivity index (χ1v) is 7.28. The van der Waals surface area contributed by atoms with Crippen molar-refractivity contribution in [2.24, 2.45) is 11.7 Å². The number of amides is 1. The van der Waals surface area contributed by atoms with Crippen molar-refractivity contribution >= 4 is 15.7 Å². The number of nitrogens with one attached hydrogen (secondary N) is 1. The molecule has 0 saturated heterocycles. The number of sulfone groups is 1. The van der Waals surface area contributed by atoms with Crippen LogP contribution in [-0.2, 0) is 14.6 Å². The fourth-order valence-corrected chi connectivity index (χ4v) is 2.12. The van der Waals surface area contributed by atoms with Gasteiger partial charge in [0.05, 0.1) is 5.25 Å². The van der Waals surface area contributed by atoms with Gasteiger partial charge in [0.2, 0.25) is 5.91 Å². The summed E-state index contributed by atoms with van der Waals surface area (Å²) in [6, 6.07) is -0.0364. The average Bonchev–Trinajstić information content (AvgIpc) is 2.96. The molecule has 1 rings (SSSR count). The van der Waals surface area contributed by atoms with Gasteiger partial charge >= 0.3 is 0 Å². The van der Waals surface area contributed by atoms with E-state index in [-0.39, 0.29) is 6.04 Å². The van der Waals surface area contributed by atoms with Crippen LogP contribution in [0.4, 0.5) is 0 Å². The van der Waals surface area contributed by atoms with Gasteiger partial charge in [0.15, 0.2) is 9.84 Å². The van der Waals surface area contributed by atoms with E-state index >= 15 is 0 Å². The summed E-state index contributed by atoms with van der Waals surface area (Å²) in [5, 5.41) is 2.05. The Kier molecular flexibility index (Phi) is 4.32. The lowest BCUT2D eigenvalue weighted by molar-refractivity contribution is -0.118. The molecule has 1 fully saturated rings. The lowest BCUT2D eigenvalue weighted by Crippen LogP contribution is -2.41. The molecule has 1 unspecified atom stereocenters. The van der Waals surface area contributed by atoms with E-state index in [9.17, 15) is 13.2 Å². The predicted octanol–water partition coefficient (Wildman–Crippen LogP) is -0.337. The van der Waals surface area contributed by atoms with Crippen LogP contribution in [-0.4, -0.2) is 37.9 Å². The monoisotopic (exact) mass is 248 g/mol. The summed E-state index contributed by atoms with van der Waals surface area (Å²) >= 11 is 0. The van der Waals surface area contributed by atoms with E-state index in [0.717, 1.165) is 12.8 Å². The molecule has 0 radical (unpaired) electrons. The highest BCUT2D eigenvalue weighted by molar-refractivity contribution is 7.92. The van der Waals surface area contributed by atoms with Gasteiger partial charge in [-0.15, -0.1) is 0 Å². The van der Waals surface area contributed by atoms with E-state index in [1.54, 1.807) is 13.8 Å². The molecule has 0 bridgehead atoms. The summed E-state index contributed by atoms with van der Waals surface area (Å²) in [7, 11) is -3.30. The van der Waals surface area contributed by atoms with Crippen molar-refractivity contribution in [3.8, 4) is 0 Å². The van der Waals surface area contributed by atoms with Crippen molar-refractivity contribution in [3.63, 3.8) is 0 Å². The molecule has 1 atom stereocenters. The van der Waals surface area contributed by atoms with Crippen LogP contribution in [0.5, 0.6) is 0 Å². The fraction of sp³-hybridized carbons (Fsp3) is 0.900. The molecule has 94 valence electrons. The molecule has 1 saturated carbocycles. The normalized spacial score (nSPS) is 18.5. The lowest BCUT2D eigenvalue weighted by Gasteiger charge is -2.12. The second-order valence-corrected chi connectivity index (χ2v) is 7.22. The van der Waals surface area contributed by atoms with Crippen molar-refractivity contribution in [3.05, 3.63) is 0 Å². The number of rotatable bonds is 6. The highest BCUT2D eigenvalue weighted by atomic mass is 32.2. The van der Waals surface area contributed by atoms with Gasteiger partial charge in [-0.2, -0.15) is 0 Å². The standard InChI is InChI=1S/C10H20N2O3S/c1-7(2)16(14,15)6-10(13)12-5-9(11)8-3-4-8/h7-9H,3-6,11H2,1-2H3,(H,12,13). The van der Waals surface area contributed by atoms with Crippen LogP contribution in [0.3, 0.4) is 0 Å². The molecule has 6 heteroatoms. The van der Waals surface area contributed by atoms with Crippen molar-refractivity contribution in [1.29, 1.82) is 0 Å². The van der Waals surface area contributed by atoms with E-state index in [2.05, 4.69) is 5.32 Å². The summed E-state index contributed by atoms with van der Waals surface area (Å²) < 4.78 is 22.9. The van der Waals surface area contributed by atoms with E-state index in [1.165, 1.54) is 0 Å². The smallest absolute Gasteiger partial charge is 0.235 e. The maximum atomic E-state index is 11.4. The zero-order valence-electron chi connectivity index (χ0n) is 9.77. The number of hydrogen-bond acceptors (Lipinski definition) is 4. The first-order chi connectivity index (χ1) is 7.33. The van der Waals surface area contributed by atoms with Crippen LogP contribution in [0.25, 0.3) is 0 Å². The Labute approximate surface area is 96.7 Å². The molecule has 0 aromatic heterocycles. The molecule has 3 N–H and O–H groups in total. The minimum Gasteiger partial charge on any atom is -0.354 e. The van der Waals surface area contributed by atoms with Crippen LogP contribution in [0, 0.1) is 5.92 Å². The average molecular weight is 248 g/mol. The second kappa shape index (κ2) is 5.14. The molecule has 0 aromatic carbocycles. The minimum absolute atomic E-state index is 0.0364. The van der Waals surface area contributed by atoms with Gasteiger partial charge in [-0.1, -0.05) is 0 Å². The molecule has 0 aliphatic heterocycles. The van der Waals surface area contributed by atoms with Crippen LogP contribution in [0.1, 0.15) is 26.7 Å². The number of nitrogens with two attached hydrogens (primary N) is 1. The number of hydrogen-bond donors (Lipinski definition) is 2. The first kappa shape index (κ1) is 13.4. The van der Waals surface area contributed by atoms with E-state index in [4.69, 9.17) is 5.73 Å². The van der Waals surface area contributed by atoms with Gasteiger partial charge in [0.25, 0.3) is 0 Å². The number of carbonyl (C=O) groups excluding carboxylic acids is 1. The highest BCUT2D eigenvalue weighted by Gasteiger charge is 2.29. The van der Waals surface area contributed by atoms with Crippen molar-refractivity contribution in [1.82, 2.24) is 5.32 Å². The van der Waals surface area contributed by atoms with Gasteiger partial charge in [-0.05, 0) is 32.6 Å². The van der Waals surface area contributed by atoms with Gasteiger partial charge in [-0.25, -0.2) is 8.42 Å². The van der Waals surface area contributed by atoms with E-state index in [1.807, 2.05) is 0 Å². The molecule has 0 aromatic rings. The Balaban J connectivity index is 2.30. The molecule has 0 heterocycles. The third kappa shape index (κ3) is 4.09. The molecular weight excluding hydrogens is 228 g/mol. The molecule has 0 spiro atoms. The van der Waals surface area contributed by atoms with Gasteiger partial charge in [0.1, 0.15) is 5.75 Å². The first-order valence-electron chi connectivity index (χ1n) is 5.57. The molecule has 5 nitrogen and oxygen atoms in total. The Hall–Kier alpha value is -0.620. The predicted molar refractivity (Wildman–Crippen MR) is 62.6 cm³/mol. The van der Waals surface area contributed by atoms with Crippen molar-refractivity contribution < 1.29 is 13.2 Å². The highest BCUT2D eigenvalue weighted by Crippen LogP contribution is 2.31. The SMILES string of the molecule is CC(C)S(=O)(=O)CC(=O)NCC(N)C1CC1. The largest absolute Gasteiger partial charge is 0.354 e. The Morgan fingerprint density at radius 1 is 1.44 bits per heavy atom. The van der Waals surface area contributed by atoms with Gasteiger partial charge in [-0.3, -0.25) is 4.79 Å². The summed E-state index contributed by atoms with van der Waals surface area (Å²) in [5.74, 6) is -0.394. The molecule has 1 amide bonds. The molecule has 16 heavy (non-hydrogen) atoms. The summed E-state index contributed by atoms with van der Waals surface area (Å²) in [6.07, 6.45) is 2.22. The van der Waals surface area contributed by atoms with E-state index < -0.39 is 26.7 Å². The molecular formula is C10H20N2O3S. The molecule has 1 aliphatic carbocycles. The number of carbonyl (C=O) groups is 1. The summed E-state index contributed by atoms with van der Waals surface area (Å²) in [5.41, 5.74) is 5.79. The Morgan fingerprint density at radius 2 is 2.00 bits per heavy atom. The third-order valence-electron chi connectivity index (χ3n) is 2.81. The summed E-state index contributed by atoms with van der Waals surface area (Å²) in [6.45, 7) is 3.51. The Bertz CT molecular complexity index is 347. The zero-order valence-corrected chi connectivity index (χ0v) is 10.6. The quantitative estimate of drug-likeness (QED) is 0.673. The van der Waals surface area contributed by atoms with Crippen LogP contribution in [0.15, 0.2) is 0 Å². The zero-order chi connectivity index (χ0) is 12.3. The van der Waals surface area contributed by atoms with Crippen LogP contribution >= 0.6 is 0 Å². The maximum Gasteiger partial charge on any atom is 0.235 e. The lowest BCUT2D eigenvalue weighted by atomic mass is 10.2. The van der Waals surface area contributed by atoms with Gasteiger partial charge in [0, 0.05) is 12.6 Å². The van der Waals surface area contributed by atoms with Crippen molar-refractivity contribution in [2.75, 3.05) is 12.3 Å². The van der Waals surface area contributed by atoms with E-state index in [0.29, 0.717) is 12.5 Å². The molecule has 1 aliphatic rings. The van der Waals surface area contributed by atoms with Crippen LogP contribution < -0.4 is 11.1 Å². The van der Waals surface area contributed by atoms with Crippen molar-refractivity contribution in [2.45, 2.75) is 38.0 Å².